The quantitative estimate of drug-likeness (QED) is 0.233. The molecule has 0 radical (unpaired) electrons. The van der Waals surface area contributed by atoms with E-state index in [4.69, 9.17) is 10.4 Å². The Balaban J connectivity index is 1.87. The maximum Gasteiger partial charge on any atom is 0.333 e. The molecule has 3 heterocycles. The maximum absolute atomic E-state index is 13.2. The number of alkyl halides is 2. The molecule has 0 saturated heterocycles. The summed E-state index contributed by atoms with van der Waals surface area (Å²) in [7, 11) is 2.66. The Morgan fingerprint density at radius 2 is 1.91 bits per heavy atom. The van der Waals surface area contributed by atoms with E-state index in [0.29, 0.717) is 21.5 Å². The predicted octanol–water partition coefficient (Wildman–Crippen LogP) is 6.88. The van der Waals surface area contributed by atoms with Gasteiger partial charge >= 0.3 is 6.55 Å². The minimum Gasteiger partial charge on any atom is -0.305 e. The van der Waals surface area contributed by atoms with Gasteiger partial charge in [0.05, 0.1) is 11.7 Å². The molecule has 0 saturated carbocycles. The summed E-state index contributed by atoms with van der Waals surface area (Å²) in [5.41, 5.74) is 6.18. The second-order valence-corrected chi connectivity index (χ2v) is 9.33. The van der Waals surface area contributed by atoms with E-state index in [1.54, 1.807) is 19.3 Å². The summed E-state index contributed by atoms with van der Waals surface area (Å²) in [4.78, 5) is 9.17. The SMILES string of the molecule is CC(=N)/C(=C(/C)P)c1cnc2c(-c3cnn(C(F)F)c3)cc(CC(C)c3ccccn3)cc2c1. The second-order valence-electron chi connectivity index (χ2n) is 8.47. The maximum atomic E-state index is 13.2. The summed E-state index contributed by atoms with van der Waals surface area (Å²) in [6.07, 6.45) is 7.04. The van der Waals surface area contributed by atoms with E-state index >= 15 is 0 Å². The minimum absolute atomic E-state index is 0.167. The molecule has 2 atom stereocenters. The van der Waals surface area contributed by atoms with Crippen molar-refractivity contribution in [3.63, 3.8) is 0 Å². The number of nitrogens with one attached hydrogen (secondary N) is 1. The van der Waals surface area contributed by atoms with Crippen LogP contribution < -0.4 is 0 Å². The van der Waals surface area contributed by atoms with Crippen LogP contribution >= 0.6 is 9.24 Å². The average molecular weight is 477 g/mol. The fourth-order valence-electron chi connectivity index (χ4n) is 4.24. The van der Waals surface area contributed by atoms with E-state index in [1.165, 1.54) is 12.4 Å². The Morgan fingerprint density at radius 1 is 1.12 bits per heavy atom. The predicted molar refractivity (Wildman–Crippen MR) is 136 cm³/mol. The third-order valence-corrected chi connectivity index (χ3v) is 6.04. The van der Waals surface area contributed by atoms with Crippen LogP contribution in [0.15, 0.2) is 66.5 Å². The number of halogens is 2. The Labute approximate surface area is 199 Å². The lowest BCUT2D eigenvalue weighted by Crippen LogP contribution is -2.02. The van der Waals surface area contributed by atoms with Crippen LogP contribution in [0.2, 0.25) is 0 Å². The average Bonchev–Trinajstić information content (AvgIpc) is 3.29. The summed E-state index contributed by atoms with van der Waals surface area (Å²) < 4.78 is 27.0. The van der Waals surface area contributed by atoms with E-state index in [0.717, 1.165) is 45.1 Å². The summed E-state index contributed by atoms with van der Waals surface area (Å²) in [6, 6.07) is 12.0. The molecule has 4 rings (SSSR count). The molecular weight excluding hydrogens is 451 g/mol. The lowest BCUT2D eigenvalue weighted by Gasteiger charge is -2.15. The highest BCUT2D eigenvalue weighted by Gasteiger charge is 2.17. The Kier molecular flexibility index (Phi) is 6.94. The van der Waals surface area contributed by atoms with Gasteiger partial charge in [0.25, 0.3) is 0 Å². The van der Waals surface area contributed by atoms with Gasteiger partial charge in [-0.25, -0.2) is 4.68 Å². The summed E-state index contributed by atoms with van der Waals surface area (Å²) in [5.74, 6) is 0.167. The molecule has 174 valence electrons. The monoisotopic (exact) mass is 477 g/mol. The van der Waals surface area contributed by atoms with Crippen molar-refractivity contribution < 1.29 is 8.78 Å². The van der Waals surface area contributed by atoms with Crippen LogP contribution in [0.4, 0.5) is 8.78 Å². The number of fused-ring (bicyclic) bond motifs is 1. The van der Waals surface area contributed by atoms with Gasteiger partial charge in [0.1, 0.15) is 0 Å². The number of benzene rings is 1. The third-order valence-electron chi connectivity index (χ3n) is 5.75. The van der Waals surface area contributed by atoms with Gasteiger partial charge in [-0.1, -0.05) is 13.0 Å². The number of hydrogen-bond acceptors (Lipinski definition) is 4. The fourth-order valence-corrected chi connectivity index (χ4v) is 4.62. The van der Waals surface area contributed by atoms with Crippen molar-refractivity contribution >= 4 is 31.4 Å². The fraction of sp³-hybridized carbons (Fsp3) is 0.231. The van der Waals surface area contributed by atoms with E-state index in [1.807, 2.05) is 37.3 Å². The van der Waals surface area contributed by atoms with Crippen LogP contribution in [0.5, 0.6) is 0 Å². The molecule has 4 aromatic rings. The highest BCUT2D eigenvalue weighted by atomic mass is 31.0. The van der Waals surface area contributed by atoms with Gasteiger partial charge in [-0.2, -0.15) is 13.9 Å². The Hall–Kier alpha value is -3.31. The highest BCUT2D eigenvalue weighted by molar-refractivity contribution is 7.23. The summed E-state index contributed by atoms with van der Waals surface area (Å²) in [5, 5.41) is 13.8. The largest absolute Gasteiger partial charge is 0.333 e. The van der Waals surface area contributed by atoms with Gasteiger partial charge in [0.2, 0.25) is 0 Å². The van der Waals surface area contributed by atoms with E-state index in [9.17, 15) is 8.78 Å². The molecule has 0 aliphatic heterocycles. The molecule has 0 bridgehead atoms. The molecule has 0 aliphatic rings. The zero-order valence-corrected chi connectivity index (χ0v) is 20.4. The van der Waals surface area contributed by atoms with Crippen LogP contribution in [-0.2, 0) is 6.42 Å². The Bertz CT molecular complexity index is 1370. The molecular formula is C26H26F2N5P. The summed E-state index contributed by atoms with van der Waals surface area (Å²) in [6.45, 7) is 3.10. The molecule has 1 aromatic carbocycles. The minimum atomic E-state index is -2.71. The molecule has 0 amide bonds. The Morgan fingerprint density at radius 3 is 2.53 bits per heavy atom. The number of allylic oxidation sites excluding steroid dienone is 2. The molecule has 3 aromatic heterocycles. The first-order valence-corrected chi connectivity index (χ1v) is 11.5. The van der Waals surface area contributed by atoms with E-state index in [-0.39, 0.29) is 5.92 Å². The number of nitrogens with zero attached hydrogens (tertiary/aromatic N) is 4. The van der Waals surface area contributed by atoms with E-state index in [2.05, 4.69) is 32.3 Å². The van der Waals surface area contributed by atoms with Gasteiger partial charge < -0.3 is 5.41 Å². The molecule has 5 nitrogen and oxygen atoms in total. The van der Waals surface area contributed by atoms with E-state index < -0.39 is 6.55 Å². The molecule has 0 aliphatic carbocycles. The van der Waals surface area contributed by atoms with Gasteiger partial charge in [0.15, 0.2) is 0 Å². The third kappa shape index (κ3) is 4.95. The highest BCUT2D eigenvalue weighted by Crippen LogP contribution is 2.34. The van der Waals surface area contributed by atoms with Crippen molar-refractivity contribution in [2.24, 2.45) is 0 Å². The van der Waals surface area contributed by atoms with Crippen molar-refractivity contribution in [3.8, 4) is 11.1 Å². The van der Waals surface area contributed by atoms with Crippen LogP contribution in [0, 0.1) is 5.41 Å². The number of aromatic nitrogens is 4. The van der Waals surface area contributed by atoms with Gasteiger partial charge in [-0.05, 0) is 61.5 Å². The topological polar surface area (TPSA) is 67.5 Å². The first-order valence-electron chi connectivity index (χ1n) is 10.9. The first-order chi connectivity index (χ1) is 16.2. The molecule has 34 heavy (non-hydrogen) atoms. The molecule has 0 spiro atoms. The van der Waals surface area contributed by atoms with Crippen LogP contribution in [0.3, 0.4) is 0 Å². The lowest BCUT2D eigenvalue weighted by atomic mass is 9.92. The van der Waals surface area contributed by atoms with Gasteiger partial charge in [0, 0.05) is 63.6 Å². The van der Waals surface area contributed by atoms with Crippen molar-refractivity contribution in [1.82, 2.24) is 19.7 Å². The zero-order valence-electron chi connectivity index (χ0n) is 19.3. The van der Waals surface area contributed by atoms with Crippen LogP contribution in [0.1, 0.15) is 50.1 Å². The van der Waals surface area contributed by atoms with Crippen molar-refractivity contribution in [3.05, 3.63) is 83.3 Å². The molecule has 8 heteroatoms. The molecule has 2 unspecified atom stereocenters. The molecule has 1 N–H and O–H groups in total. The number of rotatable bonds is 7. The molecule has 0 fully saturated rings. The number of pyridine rings is 2. The smallest absolute Gasteiger partial charge is 0.305 e. The number of hydrogen-bond donors (Lipinski definition) is 1. The first kappa shape index (κ1) is 23.8. The lowest BCUT2D eigenvalue weighted by molar-refractivity contribution is 0.0566. The van der Waals surface area contributed by atoms with Crippen molar-refractivity contribution in [2.45, 2.75) is 39.7 Å². The van der Waals surface area contributed by atoms with Crippen molar-refractivity contribution in [1.29, 1.82) is 5.41 Å². The van der Waals surface area contributed by atoms with Gasteiger partial charge in [-0.3, -0.25) is 9.97 Å². The summed E-state index contributed by atoms with van der Waals surface area (Å²) >= 11 is 0. The van der Waals surface area contributed by atoms with Crippen LogP contribution in [0.25, 0.3) is 27.6 Å². The zero-order chi connectivity index (χ0) is 24.4. The van der Waals surface area contributed by atoms with Gasteiger partial charge in [-0.15, -0.1) is 9.24 Å². The second kappa shape index (κ2) is 9.90. The van der Waals surface area contributed by atoms with Crippen molar-refractivity contribution in [2.75, 3.05) is 0 Å². The normalized spacial score (nSPS) is 13.3. The van der Waals surface area contributed by atoms with Crippen LogP contribution in [-0.4, -0.2) is 25.5 Å². The standard InChI is InChI=1S/C26H26F2N5P/c1-15(23-6-4-5-7-30-23)8-18-9-19-11-20(24(16(2)29)17(3)34)12-31-25(19)22(10-18)21-13-32-33(14-21)26(27)28/h4-7,9-15,26,29H,8,34H2,1-3H3/b24-17+,29-16?.